The standard InChI is InChI=1S/C31H45N3O7S/c1-6-32-42(39,40)26-9-7-8-24(19-26)18-23(4)29-22(3)11-13-28(41-31(38)34-16-14-33(5)15-17-34)21(2)10-12-25(35)20-27(36)30(29)37/h7-9,11,13,18-19,21-22,25,28-29,32,35H,6,10,12,14-17,20H2,1-5H3/b13-11+,23-18+/t21-,22+,25+,28+,29+/m1/s1. The van der Waals surface area contributed by atoms with E-state index in [1.165, 1.54) is 12.1 Å². The minimum Gasteiger partial charge on any atom is -0.442 e. The van der Waals surface area contributed by atoms with Crippen molar-refractivity contribution in [1.82, 2.24) is 14.5 Å². The molecule has 0 bridgehead atoms. The number of piperazine rings is 1. The van der Waals surface area contributed by atoms with E-state index in [2.05, 4.69) is 9.62 Å². The van der Waals surface area contributed by atoms with Gasteiger partial charge in [-0.3, -0.25) is 9.59 Å². The van der Waals surface area contributed by atoms with Gasteiger partial charge in [0.25, 0.3) is 0 Å². The summed E-state index contributed by atoms with van der Waals surface area (Å²) in [6.45, 7) is 10.1. The lowest BCUT2D eigenvalue weighted by Gasteiger charge is -2.33. The number of amides is 1. The molecule has 1 amide bonds. The van der Waals surface area contributed by atoms with Gasteiger partial charge in [-0.15, -0.1) is 0 Å². The summed E-state index contributed by atoms with van der Waals surface area (Å²) in [5, 5.41) is 10.6. The molecule has 1 saturated heterocycles. The largest absolute Gasteiger partial charge is 0.442 e. The highest BCUT2D eigenvalue weighted by atomic mass is 32.2. The number of sulfonamides is 1. The number of ketones is 2. The number of carbonyl (C=O) groups is 3. The van der Waals surface area contributed by atoms with Crippen LogP contribution in [0.2, 0.25) is 0 Å². The molecule has 5 atom stereocenters. The summed E-state index contributed by atoms with van der Waals surface area (Å²) in [6, 6.07) is 6.36. The molecule has 0 aromatic heterocycles. The number of aliphatic hydroxyl groups is 1. The van der Waals surface area contributed by atoms with Gasteiger partial charge in [0.15, 0.2) is 0 Å². The molecule has 2 N–H and O–H groups in total. The Labute approximate surface area is 249 Å². The van der Waals surface area contributed by atoms with E-state index in [4.69, 9.17) is 4.74 Å². The van der Waals surface area contributed by atoms with E-state index in [9.17, 15) is 27.9 Å². The van der Waals surface area contributed by atoms with Crippen LogP contribution in [0.3, 0.4) is 0 Å². The van der Waals surface area contributed by atoms with Gasteiger partial charge in [0.2, 0.25) is 21.6 Å². The van der Waals surface area contributed by atoms with E-state index in [1.54, 1.807) is 43.0 Å². The number of aliphatic hydroxyl groups excluding tert-OH is 1. The zero-order valence-corrected chi connectivity index (χ0v) is 26.1. The van der Waals surface area contributed by atoms with Crippen LogP contribution >= 0.6 is 0 Å². The summed E-state index contributed by atoms with van der Waals surface area (Å²) in [4.78, 5) is 43.4. The lowest BCUT2D eigenvalue weighted by molar-refractivity contribution is -0.140. The number of nitrogens with one attached hydrogen (secondary N) is 1. The molecular formula is C31H45N3O7S. The van der Waals surface area contributed by atoms with Crippen molar-refractivity contribution in [2.75, 3.05) is 39.8 Å². The van der Waals surface area contributed by atoms with Crippen LogP contribution < -0.4 is 4.72 Å². The fraction of sp³-hybridized carbons (Fsp3) is 0.581. The van der Waals surface area contributed by atoms with Crippen molar-refractivity contribution in [1.29, 1.82) is 0 Å². The van der Waals surface area contributed by atoms with E-state index in [-0.39, 0.29) is 23.8 Å². The predicted molar refractivity (Wildman–Crippen MR) is 161 cm³/mol. The highest BCUT2D eigenvalue weighted by Gasteiger charge is 2.33. The van der Waals surface area contributed by atoms with Gasteiger partial charge < -0.3 is 19.6 Å². The van der Waals surface area contributed by atoms with Crippen LogP contribution in [0.15, 0.2) is 46.9 Å². The first-order valence-electron chi connectivity index (χ1n) is 14.7. The van der Waals surface area contributed by atoms with E-state index in [0.29, 0.717) is 37.1 Å². The number of rotatable bonds is 6. The Morgan fingerprint density at radius 2 is 1.81 bits per heavy atom. The Kier molecular flexibility index (Phi) is 12.0. The molecule has 2 aliphatic rings. The maximum absolute atomic E-state index is 13.5. The van der Waals surface area contributed by atoms with Gasteiger partial charge in [0.05, 0.1) is 16.9 Å². The second-order valence-corrected chi connectivity index (χ2v) is 13.3. The van der Waals surface area contributed by atoms with Crippen molar-refractivity contribution in [2.24, 2.45) is 17.8 Å². The average Bonchev–Trinajstić information content (AvgIpc) is 2.93. The minimum absolute atomic E-state index is 0.0991. The molecule has 0 radical (unpaired) electrons. The molecule has 1 aromatic carbocycles. The zero-order valence-electron chi connectivity index (χ0n) is 25.3. The van der Waals surface area contributed by atoms with Crippen molar-refractivity contribution in [3.8, 4) is 0 Å². The third kappa shape index (κ3) is 9.07. The highest BCUT2D eigenvalue weighted by Crippen LogP contribution is 2.29. The lowest BCUT2D eigenvalue weighted by Crippen LogP contribution is -2.48. The number of hydrogen-bond acceptors (Lipinski definition) is 8. The molecule has 11 heteroatoms. The van der Waals surface area contributed by atoms with Crippen LogP contribution in [-0.4, -0.2) is 93.0 Å². The number of allylic oxidation sites excluding steroid dienone is 2. The normalized spacial score (nSPS) is 28.1. The number of nitrogens with zero attached hydrogens (tertiary/aromatic N) is 2. The Morgan fingerprint density at radius 3 is 2.48 bits per heavy atom. The summed E-state index contributed by atoms with van der Waals surface area (Å²) in [5.74, 6) is -2.67. The van der Waals surface area contributed by atoms with Crippen LogP contribution in [0.5, 0.6) is 0 Å². The predicted octanol–water partition coefficient (Wildman–Crippen LogP) is 3.27. The maximum atomic E-state index is 13.5. The average molecular weight is 604 g/mol. The van der Waals surface area contributed by atoms with Gasteiger partial charge in [-0.25, -0.2) is 17.9 Å². The monoisotopic (exact) mass is 603 g/mol. The number of likely N-dealkylation sites (N-methyl/N-ethyl adjacent to an activating group) is 1. The molecule has 1 aliphatic heterocycles. The molecule has 1 heterocycles. The molecule has 10 nitrogen and oxygen atoms in total. The van der Waals surface area contributed by atoms with Gasteiger partial charge in [0, 0.05) is 39.1 Å². The van der Waals surface area contributed by atoms with Crippen LogP contribution in [0.25, 0.3) is 6.08 Å². The fourth-order valence-corrected chi connectivity index (χ4v) is 6.48. The molecule has 0 saturated carbocycles. The molecule has 1 fully saturated rings. The summed E-state index contributed by atoms with van der Waals surface area (Å²) >= 11 is 0. The van der Waals surface area contributed by atoms with Crippen molar-refractivity contribution >= 4 is 33.8 Å². The molecule has 1 aromatic rings. The zero-order chi connectivity index (χ0) is 31.0. The second-order valence-electron chi connectivity index (χ2n) is 11.5. The van der Waals surface area contributed by atoms with Crippen molar-refractivity contribution < 1.29 is 32.6 Å². The van der Waals surface area contributed by atoms with Gasteiger partial charge in [-0.2, -0.15) is 0 Å². The summed E-state index contributed by atoms with van der Waals surface area (Å²) < 4.78 is 33.4. The smallest absolute Gasteiger partial charge is 0.410 e. The maximum Gasteiger partial charge on any atom is 0.410 e. The number of hydrogen-bond donors (Lipinski definition) is 2. The highest BCUT2D eigenvalue weighted by molar-refractivity contribution is 7.89. The third-order valence-corrected chi connectivity index (χ3v) is 9.55. The van der Waals surface area contributed by atoms with Gasteiger partial charge >= 0.3 is 6.09 Å². The second kappa shape index (κ2) is 15.0. The third-order valence-electron chi connectivity index (χ3n) is 8.01. The van der Waals surface area contributed by atoms with Crippen LogP contribution in [-0.2, 0) is 24.3 Å². The first-order chi connectivity index (χ1) is 19.8. The summed E-state index contributed by atoms with van der Waals surface area (Å²) in [5.41, 5.74) is 1.15. The molecular weight excluding hydrogens is 558 g/mol. The Hall–Kier alpha value is -2.86. The SMILES string of the molecule is CCNS(=O)(=O)c1cccc(/C=C(\C)[C@H]2C(=O)C(=O)C[C@@H](O)CC[C@@H](C)[C@@H](OC(=O)N3CCN(C)CC3)/C=C/[C@@H]2C)c1. The van der Waals surface area contributed by atoms with Crippen molar-refractivity contribution in [3.05, 3.63) is 47.6 Å². The van der Waals surface area contributed by atoms with Crippen molar-refractivity contribution in [2.45, 2.75) is 64.1 Å². The lowest BCUT2D eigenvalue weighted by atomic mass is 9.80. The van der Waals surface area contributed by atoms with Crippen LogP contribution in [0.4, 0.5) is 4.79 Å². The number of carbonyl (C=O) groups excluding carboxylic acids is 3. The van der Waals surface area contributed by atoms with Gasteiger partial charge in [-0.1, -0.05) is 50.6 Å². The molecule has 232 valence electrons. The Balaban J connectivity index is 1.92. The summed E-state index contributed by atoms with van der Waals surface area (Å²) in [7, 11) is -1.67. The fourth-order valence-electron chi connectivity index (χ4n) is 5.39. The van der Waals surface area contributed by atoms with E-state index < -0.39 is 51.7 Å². The first kappa shape index (κ1) is 33.6. The molecule has 0 unspecified atom stereocenters. The van der Waals surface area contributed by atoms with Crippen LogP contribution in [0, 0.1) is 17.8 Å². The topological polar surface area (TPSA) is 133 Å². The molecule has 42 heavy (non-hydrogen) atoms. The van der Waals surface area contributed by atoms with E-state index in [1.807, 2.05) is 27.0 Å². The first-order valence-corrected chi connectivity index (χ1v) is 16.2. The Bertz CT molecular complexity index is 1280. The molecule has 0 spiro atoms. The molecule has 1 aliphatic carbocycles. The number of Topliss-reactive ketones (excluding diaryl/α,β-unsaturated/α-hetero) is 2. The van der Waals surface area contributed by atoms with Crippen molar-refractivity contribution in [3.63, 3.8) is 0 Å². The minimum atomic E-state index is -3.68. The van der Waals surface area contributed by atoms with E-state index >= 15 is 0 Å². The van der Waals surface area contributed by atoms with Crippen LogP contribution in [0.1, 0.15) is 52.5 Å². The van der Waals surface area contributed by atoms with E-state index in [0.717, 1.165) is 13.1 Å². The Morgan fingerprint density at radius 1 is 1.12 bits per heavy atom. The molecule has 3 rings (SSSR count). The summed E-state index contributed by atoms with van der Waals surface area (Å²) in [6.07, 6.45) is 3.87. The number of ether oxygens (including phenoxy) is 1. The quantitative estimate of drug-likeness (QED) is 0.374. The van der Waals surface area contributed by atoms with Gasteiger partial charge in [0.1, 0.15) is 6.10 Å². The van der Waals surface area contributed by atoms with Gasteiger partial charge in [-0.05, 0) is 62.4 Å². The number of benzene rings is 1.